The molecule has 0 fully saturated rings. The van der Waals surface area contributed by atoms with Crippen molar-refractivity contribution in [3.8, 4) is 11.1 Å². The molecule has 0 aliphatic rings. The molecule has 0 bridgehead atoms. The Labute approximate surface area is 159 Å². The lowest BCUT2D eigenvalue weighted by Crippen LogP contribution is -2.22. The van der Waals surface area contributed by atoms with Gasteiger partial charge in [0.25, 0.3) is 5.91 Å². The third-order valence-electron chi connectivity index (χ3n) is 4.13. The van der Waals surface area contributed by atoms with Gasteiger partial charge in [0, 0.05) is 30.9 Å². The fourth-order valence-corrected chi connectivity index (χ4v) is 3.61. The number of nitrogens with one attached hydrogen (secondary N) is 1. The lowest BCUT2D eigenvalue weighted by molar-refractivity contribution is 0.102. The zero-order valence-corrected chi connectivity index (χ0v) is 15.9. The predicted octanol–water partition coefficient (Wildman–Crippen LogP) is 3.86. The van der Waals surface area contributed by atoms with Gasteiger partial charge in [-0.2, -0.15) is 0 Å². The van der Waals surface area contributed by atoms with Crippen LogP contribution in [0.1, 0.15) is 10.4 Å². The summed E-state index contributed by atoms with van der Waals surface area (Å²) >= 11 is 0. The van der Waals surface area contributed by atoms with E-state index in [1.165, 1.54) is 26.2 Å². The first-order valence-electron chi connectivity index (χ1n) is 8.38. The molecule has 3 aromatic rings. The molecule has 3 rings (SSSR count). The van der Waals surface area contributed by atoms with Crippen LogP contribution in [0.5, 0.6) is 0 Å². The monoisotopic (exact) mass is 380 g/mol. The third kappa shape index (κ3) is 4.07. The van der Waals surface area contributed by atoms with Gasteiger partial charge in [-0.1, -0.05) is 54.6 Å². The van der Waals surface area contributed by atoms with E-state index in [9.17, 15) is 13.2 Å². The van der Waals surface area contributed by atoms with E-state index in [0.717, 1.165) is 15.4 Å². The summed E-state index contributed by atoms with van der Waals surface area (Å²) in [6.45, 7) is 0. The number of carbonyl (C=O) groups is 1. The van der Waals surface area contributed by atoms with Crippen LogP contribution in [-0.4, -0.2) is 32.7 Å². The van der Waals surface area contributed by atoms with Crippen molar-refractivity contribution in [1.29, 1.82) is 0 Å². The number of anilines is 1. The molecule has 3 aromatic carbocycles. The molecule has 5 nitrogen and oxygen atoms in total. The Balaban J connectivity index is 1.92. The Kier molecular flexibility index (Phi) is 5.39. The predicted molar refractivity (Wildman–Crippen MR) is 107 cm³/mol. The van der Waals surface area contributed by atoms with Gasteiger partial charge < -0.3 is 5.32 Å². The van der Waals surface area contributed by atoms with Crippen LogP contribution >= 0.6 is 0 Å². The molecule has 0 atom stereocenters. The van der Waals surface area contributed by atoms with E-state index < -0.39 is 10.0 Å². The number of benzene rings is 3. The Morgan fingerprint density at radius 1 is 0.852 bits per heavy atom. The largest absolute Gasteiger partial charge is 0.321 e. The van der Waals surface area contributed by atoms with Crippen molar-refractivity contribution in [2.45, 2.75) is 4.90 Å². The molecule has 0 saturated carbocycles. The summed E-state index contributed by atoms with van der Waals surface area (Å²) in [5.74, 6) is -0.366. The average Bonchev–Trinajstić information content (AvgIpc) is 2.69. The van der Waals surface area contributed by atoms with Gasteiger partial charge in [0.1, 0.15) is 0 Å². The zero-order valence-electron chi connectivity index (χ0n) is 15.1. The van der Waals surface area contributed by atoms with Gasteiger partial charge in [0.2, 0.25) is 10.0 Å². The van der Waals surface area contributed by atoms with Crippen molar-refractivity contribution in [3.05, 3.63) is 84.4 Å². The number of nitrogens with zero attached hydrogens (tertiary/aromatic N) is 1. The second-order valence-corrected chi connectivity index (χ2v) is 8.33. The first-order chi connectivity index (χ1) is 12.9. The number of rotatable bonds is 5. The van der Waals surface area contributed by atoms with Crippen molar-refractivity contribution < 1.29 is 13.2 Å². The van der Waals surface area contributed by atoms with Crippen LogP contribution in [0.25, 0.3) is 11.1 Å². The summed E-state index contributed by atoms with van der Waals surface area (Å²) in [7, 11) is -0.691. The highest BCUT2D eigenvalue weighted by Crippen LogP contribution is 2.28. The van der Waals surface area contributed by atoms with E-state index in [4.69, 9.17) is 0 Å². The lowest BCUT2D eigenvalue weighted by Gasteiger charge is -2.13. The van der Waals surface area contributed by atoms with Gasteiger partial charge in [-0.05, 0) is 29.8 Å². The van der Waals surface area contributed by atoms with Gasteiger partial charge >= 0.3 is 0 Å². The van der Waals surface area contributed by atoms with E-state index in [1.54, 1.807) is 12.1 Å². The summed E-state index contributed by atoms with van der Waals surface area (Å²) in [4.78, 5) is 12.8. The number of amides is 1. The van der Waals surface area contributed by atoms with E-state index in [1.807, 2.05) is 54.6 Å². The smallest absolute Gasteiger partial charge is 0.255 e. The highest BCUT2D eigenvalue weighted by atomic mass is 32.2. The van der Waals surface area contributed by atoms with E-state index in [-0.39, 0.29) is 16.4 Å². The molecule has 0 saturated heterocycles. The molecule has 138 valence electrons. The summed E-state index contributed by atoms with van der Waals surface area (Å²) in [6, 6.07) is 23.2. The average molecular weight is 380 g/mol. The van der Waals surface area contributed by atoms with Gasteiger partial charge in [0.15, 0.2) is 0 Å². The number of carbonyl (C=O) groups excluding carboxylic acids is 1. The van der Waals surface area contributed by atoms with Crippen molar-refractivity contribution in [1.82, 2.24) is 4.31 Å². The van der Waals surface area contributed by atoms with E-state index >= 15 is 0 Å². The first kappa shape index (κ1) is 18.8. The van der Waals surface area contributed by atoms with E-state index in [0.29, 0.717) is 5.69 Å². The molecular formula is C21H20N2O3S. The number of hydrogen-bond acceptors (Lipinski definition) is 3. The van der Waals surface area contributed by atoms with Gasteiger partial charge in [-0.3, -0.25) is 4.79 Å². The summed E-state index contributed by atoms with van der Waals surface area (Å²) in [6.07, 6.45) is 0. The summed E-state index contributed by atoms with van der Waals surface area (Å²) in [5.41, 5.74) is 2.82. The molecule has 0 heterocycles. The Hall–Kier alpha value is -2.96. The highest BCUT2D eigenvalue weighted by molar-refractivity contribution is 7.89. The van der Waals surface area contributed by atoms with Crippen molar-refractivity contribution in [2.75, 3.05) is 19.4 Å². The number of sulfonamides is 1. The first-order valence-corrected chi connectivity index (χ1v) is 9.82. The normalized spacial score (nSPS) is 11.4. The van der Waals surface area contributed by atoms with Crippen LogP contribution < -0.4 is 5.32 Å². The van der Waals surface area contributed by atoms with Crippen LogP contribution in [0, 0.1) is 0 Å². The molecule has 0 unspecified atom stereocenters. The minimum Gasteiger partial charge on any atom is -0.321 e. The molecule has 27 heavy (non-hydrogen) atoms. The maximum atomic E-state index is 12.7. The van der Waals surface area contributed by atoms with Crippen LogP contribution in [0.3, 0.4) is 0 Å². The highest BCUT2D eigenvalue weighted by Gasteiger charge is 2.19. The Morgan fingerprint density at radius 2 is 1.52 bits per heavy atom. The van der Waals surface area contributed by atoms with Crippen LogP contribution in [0.4, 0.5) is 5.69 Å². The zero-order chi connectivity index (χ0) is 19.4. The van der Waals surface area contributed by atoms with Crippen molar-refractivity contribution in [2.24, 2.45) is 0 Å². The fourth-order valence-electron chi connectivity index (χ4n) is 2.66. The van der Waals surface area contributed by atoms with Gasteiger partial charge in [-0.25, -0.2) is 12.7 Å². The molecule has 0 aromatic heterocycles. The molecule has 0 aliphatic carbocycles. The van der Waals surface area contributed by atoms with E-state index in [2.05, 4.69) is 5.32 Å². The van der Waals surface area contributed by atoms with Crippen LogP contribution in [0.15, 0.2) is 83.8 Å². The second kappa shape index (κ2) is 7.73. The Bertz CT molecular complexity index is 1060. The maximum absolute atomic E-state index is 12.7. The number of para-hydroxylation sites is 1. The third-order valence-corrected chi connectivity index (χ3v) is 5.95. The molecule has 0 radical (unpaired) electrons. The lowest BCUT2D eigenvalue weighted by atomic mass is 10.0. The van der Waals surface area contributed by atoms with Crippen molar-refractivity contribution in [3.63, 3.8) is 0 Å². The topological polar surface area (TPSA) is 66.5 Å². The van der Waals surface area contributed by atoms with Gasteiger partial charge in [-0.15, -0.1) is 0 Å². The van der Waals surface area contributed by atoms with Gasteiger partial charge in [0.05, 0.1) is 4.90 Å². The molecule has 1 amide bonds. The molecule has 1 N–H and O–H groups in total. The minimum atomic E-state index is -3.60. The maximum Gasteiger partial charge on any atom is 0.255 e. The standard InChI is InChI=1S/C21H20N2O3S/c1-23(2)27(25,26)18-12-8-11-17(15-18)21(24)22-20-14-7-6-13-19(20)16-9-4-3-5-10-16/h3-15H,1-2H3,(H,22,24). The van der Waals surface area contributed by atoms with Crippen LogP contribution in [-0.2, 0) is 10.0 Å². The molecule has 0 spiro atoms. The second-order valence-electron chi connectivity index (χ2n) is 6.18. The fraction of sp³-hybridized carbons (Fsp3) is 0.0952. The summed E-state index contributed by atoms with van der Waals surface area (Å²) < 4.78 is 25.7. The molecular weight excluding hydrogens is 360 g/mol. The molecule has 0 aliphatic heterocycles. The van der Waals surface area contributed by atoms with Crippen molar-refractivity contribution >= 4 is 21.6 Å². The minimum absolute atomic E-state index is 0.0801. The quantitative estimate of drug-likeness (QED) is 0.731. The van der Waals surface area contributed by atoms with Crippen LogP contribution in [0.2, 0.25) is 0 Å². The summed E-state index contributed by atoms with van der Waals surface area (Å²) in [5, 5.41) is 2.89. The number of hydrogen-bond donors (Lipinski definition) is 1. The SMILES string of the molecule is CN(C)S(=O)(=O)c1cccc(C(=O)Nc2ccccc2-c2ccccc2)c1. The molecule has 6 heteroatoms. The Morgan fingerprint density at radius 3 is 2.22 bits per heavy atom.